The Hall–Kier alpha value is -2.88. The number of hydrogen-bond acceptors (Lipinski definition) is 3. The maximum atomic E-state index is 13.1. The third-order valence-corrected chi connectivity index (χ3v) is 5.15. The molecule has 1 unspecified atom stereocenters. The van der Waals surface area contributed by atoms with Crippen LogP contribution in [0.3, 0.4) is 0 Å². The fraction of sp³-hybridized carbons (Fsp3) is 0.304. The number of benzene rings is 1. The van der Waals surface area contributed by atoms with Gasteiger partial charge in [-0.3, -0.25) is 9.78 Å². The smallest absolute Gasteiger partial charge is 0.247 e. The zero-order valence-corrected chi connectivity index (χ0v) is 15.8. The molecule has 1 saturated carbocycles. The van der Waals surface area contributed by atoms with Gasteiger partial charge in [0.1, 0.15) is 11.3 Å². The van der Waals surface area contributed by atoms with Gasteiger partial charge >= 0.3 is 0 Å². The number of rotatable bonds is 6. The van der Waals surface area contributed by atoms with E-state index in [1.54, 1.807) is 12.3 Å². The fourth-order valence-corrected chi connectivity index (χ4v) is 3.61. The van der Waals surface area contributed by atoms with E-state index in [-0.39, 0.29) is 11.9 Å². The van der Waals surface area contributed by atoms with E-state index in [0.29, 0.717) is 6.04 Å². The minimum absolute atomic E-state index is 0.0305. The SMILES string of the molecule is CCc1oc2ccccc2c1/C=C/C(=O)N(C1CC1)C(C)c1ccccn1. The number of para-hydroxylation sites is 1. The van der Waals surface area contributed by atoms with Crippen molar-refractivity contribution in [3.8, 4) is 0 Å². The Morgan fingerprint density at radius 2 is 2.04 bits per heavy atom. The van der Waals surface area contributed by atoms with Gasteiger partial charge in [0.25, 0.3) is 0 Å². The maximum absolute atomic E-state index is 13.1. The van der Waals surface area contributed by atoms with Crippen LogP contribution >= 0.6 is 0 Å². The number of hydrogen-bond donors (Lipinski definition) is 0. The summed E-state index contributed by atoms with van der Waals surface area (Å²) in [6.07, 6.45) is 8.29. The first-order valence-corrected chi connectivity index (χ1v) is 9.60. The van der Waals surface area contributed by atoms with Crippen LogP contribution in [0.4, 0.5) is 0 Å². The highest BCUT2D eigenvalue weighted by atomic mass is 16.3. The molecule has 1 amide bonds. The van der Waals surface area contributed by atoms with Crippen LogP contribution in [0.15, 0.2) is 59.2 Å². The van der Waals surface area contributed by atoms with Gasteiger partial charge in [-0.25, -0.2) is 0 Å². The molecule has 0 N–H and O–H groups in total. The summed E-state index contributed by atoms with van der Waals surface area (Å²) in [6.45, 7) is 4.12. The first kappa shape index (κ1) is 17.5. The van der Waals surface area contributed by atoms with Gasteiger partial charge in [0, 0.05) is 35.7 Å². The van der Waals surface area contributed by atoms with Crippen molar-refractivity contribution in [1.29, 1.82) is 0 Å². The number of carbonyl (C=O) groups is 1. The number of amides is 1. The molecule has 0 bridgehead atoms. The molecule has 1 aliphatic carbocycles. The molecule has 1 aromatic carbocycles. The number of carbonyl (C=O) groups excluding carboxylic acids is 1. The van der Waals surface area contributed by atoms with Crippen molar-refractivity contribution in [3.63, 3.8) is 0 Å². The molecule has 1 atom stereocenters. The van der Waals surface area contributed by atoms with Crippen molar-refractivity contribution in [2.75, 3.05) is 0 Å². The molecule has 4 rings (SSSR count). The van der Waals surface area contributed by atoms with E-state index in [1.165, 1.54) is 0 Å². The van der Waals surface area contributed by atoms with Crippen molar-refractivity contribution in [1.82, 2.24) is 9.88 Å². The lowest BCUT2D eigenvalue weighted by Crippen LogP contribution is -2.34. The van der Waals surface area contributed by atoms with Gasteiger partial charge in [-0.15, -0.1) is 0 Å². The van der Waals surface area contributed by atoms with E-state index in [9.17, 15) is 4.79 Å². The first-order chi connectivity index (χ1) is 13.2. The number of nitrogens with zero attached hydrogens (tertiary/aromatic N) is 2. The highest BCUT2D eigenvalue weighted by Crippen LogP contribution is 2.34. The highest BCUT2D eigenvalue weighted by Gasteiger charge is 2.35. The van der Waals surface area contributed by atoms with E-state index in [4.69, 9.17) is 4.42 Å². The van der Waals surface area contributed by atoms with Gasteiger partial charge in [0.15, 0.2) is 0 Å². The van der Waals surface area contributed by atoms with Gasteiger partial charge in [-0.1, -0.05) is 31.2 Å². The standard InChI is InChI=1S/C23H24N2O2/c1-3-21-19(18-8-4-5-10-22(18)27-21)13-14-23(26)25(17-11-12-17)16(2)20-9-6-7-15-24-20/h4-10,13-17H,3,11-12H2,1-2H3/b14-13+. The van der Waals surface area contributed by atoms with Crippen LogP contribution < -0.4 is 0 Å². The van der Waals surface area contributed by atoms with Crippen LogP contribution in [0.25, 0.3) is 17.0 Å². The molecule has 0 spiro atoms. The molecular formula is C23H24N2O2. The molecule has 3 aromatic rings. The van der Waals surface area contributed by atoms with Crippen molar-refractivity contribution < 1.29 is 9.21 Å². The minimum Gasteiger partial charge on any atom is -0.460 e. The summed E-state index contributed by atoms with van der Waals surface area (Å²) in [5.41, 5.74) is 2.79. The lowest BCUT2D eigenvalue weighted by Gasteiger charge is -2.28. The van der Waals surface area contributed by atoms with E-state index in [0.717, 1.165) is 47.2 Å². The van der Waals surface area contributed by atoms with E-state index in [2.05, 4.69) is 18.8 Å². The molecule has 2 aromatic heterocycles. The summed E-state index contributed by atoms with van der Waals surface area (Å²) in [7, 11) is 0. The third kappa shape index (κ3) is 3.52. The molecule has 0 radical (unpaired) electrons. The van der Waals surface area contributed by atoms with Crippen LogP contribution in [0.5, 0.6) is 0 Å². The Balaban J connectivity index is 1.62. The molecular weight excluding hydrogens is 336 g/mol. The highest BCUT2D eigenvalue weighted by molar-refractivity contribution is 5.96. The van der Waals surface area contributed by atoms with Crippen molar-refractivity contribution in [2.45, 2.75) is 45.2 Å². The zero-order valence-electron chi connectivity index (χ0n) is 15.8. The molecule has 27 heavy (non-hydrogen) atoms. The number of pyridine rings is 1. The normalized spacial score (nSPS) is 15.3. The summed E-state index contributed by atoms with van der Waals surface area (Å²) < 4.78 is 5.93. The average molecular weight is 360 g/mol. The minimum atomic E-state index is -0.0393. The Labute approximate surface area is 159 Å². The number of aryl methyl sites for hydroxylation is 1. The van der Waals surface area contributed by atoms with Gasteiger partial charge in [-0.05, 0) is 44.0 Å². The third-order valence-electron chi connectivity index (χ3n) is 5.15. The number of furan rings is 1. The fourth-order valence-electron chi connectivity index (χ4n) is 3.61. The second-order valence-corrected chi connectivity index (χ2v) is 7.03. The number of aromatic nitrogens is 1. The molecule has 0 aliphatic heterocycles. The van der Waals surface area contributed by atoms with Gasteiger partial charge in [0.2, 0.25) is 5.91 Å². The Kier molecular flexibility index (Phi) is 4.80. The second-order valence-electron chi connectivity index (χ2n) is 7.03. The zero-order chi connectivity index (χ0) is 18.8. The largest absolute Gasteiger partial charge is 0.460 e. The predicted molar refractivity (Wildman–Crippen MR) is 107 cm³/mol. The molecule has 138 valence electrons. The maximum Gasteiger partial charge on any atom is 0.247 e. The van der Waals surface area contributed by atoms with Crippen LogP contribution in [0.1, 0.15) is 49.7 Å². The quantitative estimate of drug-likeness (QED) is 0.571. The lowest BCUT2D eigenvalue weighted by atomic mass is 10.1. The first-order valence-electron chi connectivity index (χ1n) is 9.60. The summed E-state index contributed by atoms with van der Waals surface area (Å²) in [5.74, 6) is 0.944. The van der Waals surface area contributed by atoms with Crippen LogP contribution in [0.2, 0.25) is 0 Å². The predicted octanol–water partition coefficient (Wildman–Crippen LogP) is 5.16. The Morgan fingerprint density at radius 1 is 1.26 bits per heavy atom. The lowest BCUT2D eigenvalue weighted by molar-refractivity contribution is -0.128. The molecule has 0 saturated heterocycles. The molecule has 4 heteroatoms. The average Bonchev–Trinajstić information content (AvgIpc) is 3.47. The number of fused-ring (bicyclic) bond motifs is 1. The van der Waals surface area contributed by atoms with Gasteiger partial charge in [-0.2, -0.15) is 0 Å². The van der Waals surface area contributed by atoms with Gasteiger partial charge < -0.3 is 9.32 Å². The topological polar surface area (TPSA) is 46.3 Å². The van der Waals surface area contributed by atoms with Crippen molar-refractivity contribution in [3.05, 3.63) is 71.8 Å². The summed E-state index contributed by atoms with van der Waals surface area (Å²) >= 11 is 0. The molecule has 4 nitrogen and oxygen atoms in total. The summed E-state index contributed by atoms with van der Waals surface area (Å²) in [6, 6.07) is 14.1. The summed E-state index contributed by atoms with van der Waals surface area (Å²) in [5, 5.41) is 1.05. The van der Waals surface area contributed by atoms with E-state index in [1.807, 2.05) is 53.4 Å². The molecule has 1 fully saturated rings. The molecule has 1 aliphatic rings. The molecule has 2 heterocycles. The second kappa shape index (κ2) is 7.39. The summed E-state index contributed by atoms with van der Waals surface area (Å²) in [4.78, 5) is 19.5. The van der Waals surface area contributed by atoms with Crippen LogP contribution in [-0.4, -0.2) is 21.8 Å². The monoisotopic (exact) mass is 360 g/mol. The Morgan fingerprint density at radius 3 is 2.74 bits per heavy atom. The van der Waals surface area contributed by atoms with E-state index >= 15 is 0 Å². The van der Waals surface area contributed by atoms with Crippen molar-refractivity contribution >= 4 is 23.0 Å². The Bertz CT molecular complexity index is 970. The van der Waals surface area contributed by atoms with E-state index < -0.39 is 0 Å². The van der Waals surface area contributed by atoms with Gasteiger partial charge in [0.05, 0.1) is 11.7 Å². The van der Waals surface area contributed by atoms with Crippen molar-refractivity contribution in [2.24, 2.45) is 0 Å². The van der Waals surface area contributed by atoms with Crippen LogP contribution in [-0.2, 0) is 11.2 Å². The van der Waals surface area contributed by atoms with Crippen LogP contribution in [0, 0.1) is 0 Å².